The summed E-state index contributed by atoms with van der Waals surface area (Å²) < 4.78 is 6.59. The lowest BCUT2D eigenvalue weighted by Crippen LogP contribution is -2.19. The van der Waals surface area contributed by atoms with Gasteiger partial charge in [-0.25, -0.2) is 4.79 Å². The first kappa shape index (κ1) is 14.3. The number of hydrogen-bond donors (Lipinski definition) is 0. The van der Waals surface area contributed by atoms with Crippen molar-refractivity contribution in [3.05, 3.63) is 53.3 Å². The standard InChI is InChI=1S/C15H19N3O2/c1-17(9-12-8-16-18(2)10-12)11-13-6-4-5-7-14(13)15(19)20-3/h4-8,10H,9,11H2,1-3H3. The molecule has 0 atom stereocenters. The van der Waals surface area contributed by atoms with Gasteiger partial charge in [-0.05, 0) is 18.7 Å². The van der Waals surface area contributed by atoms with Gasteiger partial charge >= 0.3 is 5.97 Å². The average Bonchev–Trinajstić information content (AvgIpc) is 2.83. The fraction of sp³-hybridized carbons (Fsp3) is 0.333. The predicted molar refractivity (Wildman–Crippen MR) is 76.2 cm³/mol. The highest BCUT2D eigenvalue weighted by molar-refractivity contribution is 5.90. The van der Waals surface area contributed by atoms with Crippen molar-refractivity contribution >= 4 is 5.97 Å². The fourth-order valence-electron chi connectivity index (χ4n) is 2.18. The molecule has 1 heterocycles. The van der Waals surface area contributed by atoms with E-state index in [0.29, 0.717) is 12.1 Å². The third kappa shape index (κ3) is 3.45. The molecule has 106 valence electrons. The van der Waals surface area contributed by atoms with Gasteiger partial charge in [-0.15, -0.1) is 0 Å². The van der Waals surface area contributed by atoms with Crippen LogP contribution in [0.2, 0.25) is 0 Å². The van der Waals surface area contributed by atoms with Crippen LogP contribution < -0.4 is 0 Å². The summed E-state index contributed by atoms with van der Waals surface area (Å²) >= 11 is 0. The van der Waals surface area contributed by atoms with Gasteiger partial charge in [0.05, 0.1) is 18.9 Å². The number of ether oxygens (including phenoxy) is 1. The van der Waals surface area contributed by atoms with E-state index in [0.717, 1.165) is 17.7 Å². The minimum absolute atomic E-state index is 0.296. The molecule has 0 aliphatic carbocycles. The van der Waals surface area contributed by atoms with Crippen LogP contribution in [0.1, 0.15) is 21.5 Å². The lowest BCUT2D eigenvalue weighted by Gasteiger charge is -2.17. The molecule has 0 aliphatic rings. The Morgan fingerprint density at radius 2 is 2.10 bits per heavy atom. The summed E-state index contributed by atoms with van der Waals surface area (Å²) in [6.45, 7) is 1.46. The molecule has 0 unspecified atom stereocenters. The minimum atomic E-state index is -0.296. The summed E-state index contributed by atoms with van der Waals surface area (Å²) in [5, 5.41) is 4.15. The molecule has 0 aliphatic heterocycles. The largest absolute Gasteiger partial charge is 0.465 e. The summed E-state index contributed by atoms with van der Waals surface area (Å²) in [6, 6.07) is 7.52. The first-order chi connectivity index (χ1) is 9.60. The average molecular weight is 273 g/mol. The van der Waals surface area contributed by atoms with E-state index in [1.165, 1.54) is 7.11 Å². The van der Waals surface area contributed by atoms with E-state index in [1.54, 1.807) is 10.7 Å². The SMILES string of the molecule is COC(=O)c1ccccc1CN(C)Cc1cnn(C)c1. The first-order valence-electron chi connectivity index (χ1n) is 6.42. The number of aromatic nitrogens is 2. The maximum atomic E-state index is 11.7. The molecule has 0 saturated carbocycles. The number of esters is 1. The molecule has 1 aromatic carbocycles. The van der Waals surface area contributed by atoms with Crippen LogP contribution in [0, 0.1) is 0 Å². The molecular weight excluding hydrogens is 254 g/mol. The van der Waals surface area contributed by atoms with Crippen molar-refractivity contribution in [2.24, 2.45) is 7.05 Å². The van der Waals surface area contributed by atoms with E-state index < -0.39 is 0 Å². The zero-order chi connectivity index (χ0) is 14.5. The molecule has 0 amide bonds. The zero-order valence-electron chi connectivity index (χ0n) is 12.0. The van der Waals surface area contributed by atoms with Crippen molar-refractivity contribution in [2.75, 3.05) is 14.2 Å². The van der Waals surface area contributed by atoms with Crippen LogP contribution in [-0.4, -0.2) is 34.8 Å². The number of methoxy groups -OCH3 is 1. The van der Waals surface area contributed by atoms with Crippen molar-refractivity contribution in [3.63, 3.8) is 0 Å². The molecule has 0 bridgehead atoms. The summed E-state index contributed by atoms with van der Waals surface area (Å²) in [4.78, 5) is 13.9. The zero-order valence-corrected chi connectivity index (χ0v) is 12.0. The van der Waals surface area contributed by atoms with Gasteiger partial charge in [-0.2, -0.15) is 5.10 Å². The van der Waals surface area contributed by atoms with E-state index >= 15 is 0 Å². The highest BCUT2D eigenvalue weighted by Crippen LogP contribution is 2.13. The Hall–Kier alpha value is -2.14. The second-order valence-electron chi connectivity index (χ2n) is 4.84. The van der Waals surface area contributed by atoms with Crippen LogP contribution in [0.3, 0.4) is 0 Å². The van der Waals surface area contributed by atoms with Gasteiger partial charge in [0.15, 0.2) is 0 Å². The third-order valence-corrected chi connectivity index (χ3v) is 3.07. The normalized spacial score (nSPS) is 10.8. The maximum absolute atomic E-state index is 11.7. The Morgan fingerprint density at radius 3 is 2.75 bits per heavy atom. The van der Waals surface area contributed by atoms with E-state index in [9.17, 15) is 4.79 Å². The number of nitrogens with zero attached hydrogens (tertiary/aromatic N) is 3. The minimum Gasteiger partial charge on any atom is -0.465 e. The number of benzene rings is 1. The molecule has 5 heteroatoms. The monoisotopic (exact) mass is 273 g/mol. The number of aryl methyl sites for hydroxylation is 1. The van der Waals surface area contributed by atoms with E-state index in [-0.39, 0.29) is 5.97 Å². The molecule has 1 aromatic heterocycles. The molecule has 0 spiro atoms. The molecule has 0 N–H and O–H groups in total. The second-order valence-corrected chi connectivity index (χ2v) is 4.84. The van der Waals surface area contributed by atoms with Gasteiger partial charge in [0, 0.05) is 31.9 Å². The van der Waals surface area contributed by atoms with Crippen molar-refractivity contribution in [2.45, 2.75) is 13.1 Å². The quantitative estimate of drug-likeness (QED) is 0.780. The second kappa shape index (κ2) is 6.34. The maximum Gasteiger partial charge on any atom is 0.338 e. The number of carbonyl (C=O) groups is 1. The molecule has 0 fully saturated rings. The Bertz CT molecular complexity index is 592. The molecule has 2 aromatic rings. The van der Waals surface area contributed by atoms with Crippen molar-refractivity contribution < 1.29 is 9.53 Å². The lowest BCUT2D eigenvalue weighted by atomic mass is 10.1. The number of hydrogen-bond acceptors (Lipinski definition) is 4. The van der Waals surface area contributed by atoms with Gasteiger partial charge < -0.3 is 4.74 Å². The number of carbonyl (C=O) groups excluding carboxylic acids is 1. The summed E-state index contributed by atoms with van der Waals surface area (Å²) in [5.74, 6) is -0.296. The number of rotatable bonds is 5. The summed E-state index contributed by atoms with van der Waals surface area (Å²) in [7, 11) is 5.32. The summed E-state index contributed by atoms with van der Waals surface area (Å²) in [6.07, 6.45) is 3.84. The van der Waals surface area contributed by atoms with Gasteiger partial charge in [0.1, 0.15) is 0 Å². The van der Waals surface area contributed by atoms with Crippen molar-refractivity contribution in [1.29, 1.82) is 0 Å². The van der Waals surface area contributed by atoms with Crippen LogP contribution in [-0.2, 0) is 24.9 Å². The van der Waals surface area contributed by atoms with Crippen LogP contribution in [0.5, 0.6) is 0 Å². The predicted octanol–water partition coefficient (Wildman–Crippen LogP) is 1.84. The molecular formula is C15H19N3O2. The van der Waals surface area contributed by atoms with Gasteiger partial charge in [-0.1, -0.05) is 18.2 Å². The highest BCUT2D eigenvalue weighted by Gasteiger charge is 2.12. The van der Waals surface area contributed by atoms with E-state index in [4.69, 9.17) is 4.74 Å². The smallest absolute Gasteiger partial charge is 0.338 e. The van der Waals surface area contributed by atoms with Crippen LogP contribution >= 0.6 is 0 Å². The third-order valence-electron chi connectivity index (χ3n) is 3.07. The van der Waals surface area contributed by atoms with Crippen LogP contribution in [0.15, 0.2) is 36.7 Å². The molecule has 0 saturated heterocycles. The van der Waals surface area contributed by atoms with Crippen molar-refractivity contribution in [3.8, 4) is 0 Å². The Labute approximate surface area is 118 Å². The van der Waals surface area contributed by atoms with E-state index in [1.807, 2.05) is 44.7 Å². The van der Waals surface area contributed by atoms with Gasteiger partial charge in [-0.3, -0.25) is 9.58 Å². The Morgan fingerprint density at radius 1 is 1.35 bits per heavy atom. The fourth-order valence-corrected chi connectivity index (χ4v) is 2.18. The van der Waals surface area contributed by atoms with Gasteiger partial charge in [0.25, 0.3) is 0 Å². The van der Waals surface area contributed by atoms with Gasteiger partial charge in [0.2, 0.25) is 0 Å². The van der Waals surface area contributed by atoms with E-state index in [2.05, 4.69) is 10.00 Å². The highest BCUT2D eigenvalue weighted by atomic mass is 16.5. The molecule has 5 nitrogen and oxygen atoms in total. The lowest BCUT2D eigenvalue weighted by molar-refractivity contribution is 0.0598. The first-order valence-corrected chi connectivity index (χ1v) is 6.42. The molecule has 0 radical (unpaired) electrons. The topological polar surface area (TPSA) is 47.4 Å². The summed E-state index contributed by atoms with van der Waals surface area (Å²) in [5.41, 5.74) is 2.73. The molecule has 2 rings (SSSR count). The van der Waals surface area contributed by atoms with Crippen molar-refractivity contribution in [1.82, 2.24) is 14.7 Å². The Balaban J connectivity index is 2.07. The Kier molecular flexibility index (Phi) is 4.53. The van der Waals surface area contributed by atoms with Crippen LogP contribution in [0.25, 0.3) is 0 Å². The molecule has 20 heavy (non-hydrogen) atoms. The van der Waals surface area contributed by atoms with Crippen LogP contribution in [0.4, 0.5) is 0 Å².